The van der Waals surface area contributed by atoms with Crippen LogP contribution in [0.25, 0.3) is 0 Å². The van der Waals surface area contributed by atoms with E-state index in [1.807, 2.05) is 29.3 Å². The molecule has 0 bridgehead atoms. The van der Waals surface area contributed by atoms with E-state index in [2.05, 4.69) is 4.74 Å². The average Bonchev–Trinajstić information content (AvgIpc) is 3.18. The van der Waals surface area contributed by atoms with Crippen LogP contribution in [0, 0.1) is 17.6 Å². The van der Waals surface area contributed by atoms with Gasteiger partial charge in [-0.1, -0.05) is 18.2 Å². The second kappa shape index (κ2) is 12.7. The lowest BCUT2D eigenvalue weighted by Gasteiger charge is -2.53. The van der Waals surface area contributed by atoms with Gasteiger partial charge >= 0.3 is 6.16 Å². The zero-order valence-electron chi connectivity index (χ0n) is 24.8. The van der Waals surface area contributed by atoms with Crippen molar-refractivity contribution in [1.29, 1.82) is 0 Å². The van der Waals surface area contributed by atoms with Gasteiger partial charge in [-0.05, 0) is 73.4 Å². The number of carbonyl (C=O) groups is 2. The predicted octanol–water partition coefficient (Wildman–Crippen LogP) is 4.93. The number of fused-ring (bicyclic) bond motifs is 4. The van der Waals surface area contributed by atoms with Crippen molar-refractivity contribution in [2.24, 2.45) is 5.92 Å². The number of methoxy groups -OCH3 is 1. The first-order valence-corrected chi connectivity index (χ1v) is 15.7. The van der Waals surface area contributed by atoms with Crippen LogP contribution in [0.4, 0.5) is 13.6 Å². The molecule has 1 N–H and O–H groups in total. The van der Waals surface area contributed by atoms with E-state index >= 15 is 4.39 Å². The number of amides is 1. The number of nitrogens with zero attached hydrogens (tertiary/aromatic N) is 3. The highest BCUT2D eigenvalue weighted by Gasteiger charge is 2.47. The molecule has 0 saturated carbocycles. The lowest BCUT2D eigenvalue weighted by atomic mass is 9.86. The van der Waals surface area contributed by atoms with E-state index in [1.54, 1.807) is 16.5 Å². The monoisotopic (exact) mass is 641 g/mol. The lowest BCUT2D eigenvalue weighted by Crippen LogP contribution is -2.64. The minimum absolute atomic E-state index is 0.0758. The summed E-state index contributed by atoms with van der Waals surface area (Å²) in [7, 11) is 1.13. The molecule has 1 amide bonds. The number of hydrogen-bond acceptors (Lipinski definition) is 9. The summed E-state index contributed by atoms with van der Waals surface area (Å²) in [5.74, 6) is -2.13. The molecule has 238 valence electrons. The maximum absolute atomic E-state index is 15.0. The number of ether oxygens (including phenoxy) is 3. The fraction of sp³-hybridized carbons (Fsp3) is 0.406. The first kappa shape index (κ1) is 30.9. The number of halogens is 2. The third-order valence-corrected chi connectivity index (χ3v) is 9.75. The molecule has 4 heterocycles. The highest BCUT2D eigenvalue weighted by atomic mass is 32.2. The van der Waals surface area contributed by atoms with Crippen molar-refractivity contribution in [2.45, 2.75) is 61.6 Å². The van der Waals surface area contributed by atoms with Crippen molar-refractivity contribution in [3.63, 3.8) is 0 Å². The summed E-state index contributed by atoms with van der Waals surface area (Å²) in [6.07, 6.45) is 2.01. The van der Waals surface area contributed by atoms with E-state index in [0.29, 0.717) is 42.7 Å². The van der Waals surface area contributed by atoms with Crippen molar-refractivity contribution in [3.8, 4) is 5.75 Å². The fourth-order valence-corrected chi connectivity index (χ4v) is 7.56. The second-order valence-corrected chi connectivity index (χ2v) is 12.5. The first-order valence-electron chi connectivity index (χ1n) is 14.7. The quantitative estimate of drug-likeness (QED) is 0.284. The van der Waals surface area contributed by atoms with Gasteiger partial charge in [-0.3, -0.25) is 19.3 Å². The molecular weight excluding hydrogens is 608 g/mol. The molecule has 1 aromatic heterocycles. The van der Waals surface area contributed by atoms with E-state index in [1.165, 1.54) is 36.2 Å². The molecule has 0 spiro atoms. The average molecular weight is 642 g/mol. The maximum atomic E-state index is 15.0. The Morgan fingerprint density at radius 1 is 1.13 bits per heavy atom. The SMILES string of the molecule is COC(=O)OCOc1c2n(ccc1=O)N(C1c3cc(F)c(F)cc3CSc3ccccc31)C1CC(CCC(C)O)CCN1C2=O. The van der Waals surface area contributed by atoms with Crippen molar-refractivity contribution >= 4 is 23.8 Å². The van der Waals surface area contributed by atoms with Gasteiger partial charge < -0.3 is 24.2 Å². The number of aromatic nitrogens is 1. The van der Waals surface area contributed by atoms with Crippen molar-refractivity contribution in [2.75, 3.05) is 25.5 Å². The zero-order valence-corrected chi connectivity index (χ0v) is 25.6. The van der Waals surface area contributed by atoms with Crippen LogP contribution < -0.4 is 15.2 Å². The van der Waals surface area contributed by atoms with E-state index in [9.17, 15) is 23.9 Å². The van der Waals surface area contributed by atoms with E-state index in [0.717, 1.165) is 24.0 Å². The van der Waals surface area contributed by atoms with Crippen LogP contribution in [-0.2, 0) is 15.2 Å². The van der Waals surface area contributed by atoms with Crippen LogP contribution in [0.1, 0.15) is 65.8 Å². The van der Waals surface area contributed by atoms with Gasteiger partial charge in [0.15, 0.2) is 17.3 Å². The number of pyridine rings is 1. The van der Waals surface area contributed by atoms with Gasteiger partial charge in [-0.25, -0.2) is 13.6 Å². The molecule has 6 rings (SSSR count). The van der Waals surface area contributed by atoms with Gasteiger partial charge in [0.25, 0.3) is 5.91 Å². The number of aliphatic hydroxyl groups is 1. The van der Waals surface area contributed by atoms with E-state index in [4.69, 9.17) is 9.47 Å². The number of benzene rings is 2. The normalized spacial score (nSPS) is 21.1. The molecule has 45 heavy (non-hydrogen) atoms. The van der Waals surface area contributed by atoms with Crippen LogP contribution >= 0.6 is 11.8 Å². The highest BCUT2D eigenvalue weighted by molar-refractivity contribution is 7.98. The first-order chi connectivity index (χ1) is 21.7. The Balaban J connectivity index is 1.55. The highest BCUT2D eigenvalue weighted by Crippen LogP contribution is 2.46. The van der Waals surface area contributed by atoms with Crippen LogP contribution in [-0.4, -0.2) is 59.5 Å². The number of thioether (sulfide) groups is 1. The predicted molar refractivity (Wildman–Crippen MR) is 161 cm³/mol. The van der Waals surface area contributed by atoms with Crippen LogP contribution in [0.15, 0.2) is 58.4 Å². The van der Waals surface area contributed by atoms with Crippen LogP contribution in [0.5, 0.6) is 5.75 Å². The third-order valence-electron chi connectivity index (χ3n) is 8.61. The molecule has 2 aromatic carbocycles. The molecule has 0 aliphatic carbocycles. The molecule has 1 fully saturated rings. The van der Waals surface area contributed by atoms with Crippen LogP contribution in [0.3, 0.4) is 0 Å². The number of carbonyl (C=O) groups excluding carboxylic acids is 2. The van der Waals surface area contributed by atoms with Crippen molar-refractivity contribution in [3.05, 3.63) is 92.9 Å². The molecular formula is C32H33F2N3O7S. The Morgan fingerprint density at radius 2 is 1.91 bits per heavy atom. The molecule has 13 heteroatoms. The topological polar surface area (TPSA) is 111 Å². The van der Waals surface area contributed by atoms with Gasteiger partial charge in [0.2, 0.25) is 18.0 Å². The Labute approximate surface area is 262 Å². The molecule has 1 saturated heterocycles. The summed E-state index contributed by atoms with van der Waals surface area (Å²) in [4.78, 5) is 41.5. The largest absolute Gasteiger partial charge is 0.510 e. The summed E-state index contributed by atoms with van der Waals surface area (Å²) < 4.78 is 46.2. The van der Waals surface area contributed by atoms with Gasteiger partial charge in [-0.2, -0.15) is 0 Å². The fourth-order valence-electron chi connectivity index (χ4n) is 6.48. The molecule has 3 aromatic rings. The Kier molecular flexibility index (Phi) is 8.74. The maximum Gasteiger partial charge on any atom is 0.510 e. The molecule has 4 unspecified atom stereocenters. The van der Waals surface area contributed by atoms with Gasteiger partial charge in [-0.15, -0.1) is 11.8 Å². The summed E-state index contributed by atoms with van der Waals surface area (Å²) >= 11 is 1.51. The van der Waals surface area contributed by atoms with Crippen LogP contribution in [0.2, 0.25) is 0 Å². The molecule has 4 atom stereocenters. The minimum Gasteiger partial charge on any atom is -0.451 e. The summed E-state index contributed by atoms with van der Waals surface area (Å²) in [6, 6.07) is 10.7. The van der Waals surface area contributed by atoms with Crippen molar-refractivity contribution < 1.29 is 37.7 Å². The zero-order chi connectivity index (χ0) is 31.8. The van der Waals surface area contributed by atoms with E-state index < -0.39 is 54.2 Å². The lowest BCUT2D eigenvalue weighted by molar-refractivity contribution is 0.0118. The number of aliphatic hydroxyl groups excluding tert-OH is 1. The summed E-state index contributed by atoms with van der Waals surface area (Å²) in [5.41, 5.74) is 1.30. The second-order valence-electron chi connectivity index (χ2n) is 11.4. The Morgan fingerprint density at radius 3 is 2.69 bits per heavy atom. The number of piperidine rings is 1. The summed E-state index contributed by atoms with van der Waals surface area (Å²) in [5, 5.41) is 11.9. The van der Waals surface area contributed by atoms with Gasteiger partial charge in [0.05, 0.1) is 19.3 Å². The van der Waals surface area contributed by atoms with Gasteiger partial charge in [0.1, 0.15) is 6.17 Å². The summed E-state index contributed by atoms with van der Waals surface area (Å²) in [6.45, 7) is 1.43. The Hall–Kier alpha value is -4.10. The third kappa shape index (κ3) is 5.86. The minimum atomic E-state index is -1.02. The van der Waals surface area contributed by atoms with Crippen molar-refractivity contribution in [1.82, 2.24) is 9.58 Å². The number of rotatable bonds is 7. The molecule has 10 nitrogen and oxygen atoms in total. The standard InChI is InChI=1S/C32H33F2N3O7S/c1-18(38)7-8-19-9-11-35-27(13-19)37(36-12-10-25(39)30(29(36)31(35)40)43-17-44-32(41)42-2)28-21-5-3-4-6-26(21)45-16-20-14-23(33)24(34)15-22(20)28/h3-6,10,12,14-15,18-19,27-28,38H,7-9,11,13,16-17H2,1-2H3. The smallest absolute Gasteiger partial charge is 0.451 e. The van der Waals surface area contributed by atoms with E-state index in [-0.39, 0.29) is 17.4 Å². The molecule has 3 aliphatic rings. The Bertz CT molecular complexity index is 1680. The molecule has 0 radical (unpaired) electrons. The number of hydrogen-bond donors (Lipinski definition) is 1. The molecule has 3 aliphatic heterocycles. The van der Waals surface area contributed by atoms with Gasteiger partial charge in [0, 0.05) is 29.5 Å².